The maximum Gasteiger partial charge on any atom is 0.0429 e. The third-order valence-electron chi connectivity index (χ3n) is 4.25. The van der Waals surface area contributed by atoms with E-state index < -0.39 is 0 Å². The van der Waals surface area contributed by atoms with Gasteiger partial charge in [-0.05, 0) is 31.0 Å². The zero-order valence-electron chi connectivity index (χ0n) is 12.0. The lowest BCUT2D eigenvalue weighted by Gasteiger charge is -2.25. The van der Waals surface area contributed by atoms with Crippen LogP contribution in [0.4, 0.5) is 5.69 Å². The van der Waals surface area contributed by atoms with Crippen LogP contribution in [0.5, 0.6) is 0 Å². The molecule has 0 bridgehead atoms. The Kier molecular flexibility index (Phi) is 3.77. The molecule has 3 rings (SSSR count). The van der Waals surface area contributed by atoms with Gasteiger partial charge in [0, 0.05) is 35.3 Å². The van der Waals surface area contributed by atoms with Crippen molar-refractivity contribution in [3.05, 3.63) is 29.8 Å². The van der Waals surface area contributed by atoms with Gasteiger partial charge < -0.3 is 10.2 Å². The minimum Gasteiger partial charge on any atom is -0.380 e. The summed E-state index contributed by atoms with van der Waals surface area (Å²) < 4.78 is 0.459. The van der Waals surface area contributed by atoms with Gasteiger partial charge in [0.2, 0.25) is 0 Å². The highest BCUT2D eigenvalue weighted by atomic mass is 32.2. The van der Waals surface area contributed by atoms with E-state index in [1.54, 1.807) is 0 Å². The number of anilines is 1. The molecule has 1 N–H and O–H groups in total. The molecular weight excluding hydrogens is 252 g/mol. The predicted octanol–water partition coefficient (Wildman–Crippen LogP) is 3.24. The Labute approximate surface area is 121 Å². The molecule has 2 aliphatic rings. The number of hydrogen-bond donors (Lipinski definition) is 1. The molecule has 1 fully saturated rings. The summed E-state index contributed by atoms with van der Waals surface area (Å²) in [6.45, 7) is 8.43. The largest absolute Gasteiger partial charge is 0.380 e. The Bertz CT molecular complexity index is 419. The monoisotopic (exact) mass is 276 g/mol. The summed E-state index contributed by atoms with van der Waals surface area (Å²) in [5.74, 6) is 1.27. The lowest BCUT2D eigenvalue weighted by Crippen LogP contribution is -2.37. The topological polar surface area (TPSA) is 15.3 Å². The molecular formula is C16H24N2S. The van der Waals surface area contributed by atoms with E-state index in [4.69, 9.17) is 0 Å². The van der Waals surface area contributed by atoms with Crippen molar-refractivity contribution in [2.75, 3.05) is 30.7 Å². The standard InChI is InChI=1S/C16H24N2S/c1-16(2)7-8-18(9-10-19-16)12-14-11-13-5-3-4-6-15(13)17-14/h3-6,14,17H,7-12H2,1-2H3. The zero-order valence-corrected chi connectivity index (χ0v) is 12.8. The maximum atomic E-state index is 3.67. The molecule has 2 heterocycles. The van der Waals surface area contributed by atoms with Crippen molar-refractivity contribution in [1.82, 2.24) is 4.90 Å². The van der Waals surface area contributed by atoms with Crippen molar-refractivity contribution in [3.63, 3.8) is 0 Å². The van der Waals surface area contributed by atoms with Crippen LogP contribution in [0.1, 0.15) is 25.8 Å². The summed E-state index contributed by atoms with van der Waals surface area (Å²) in [5.41, 5.74) is 2.83. The molecule has 1 aromatic rings. The average molecular weight is 276 g/mol. The first kappa shape index (κ1) is 13.3. The molecule has 2 nitrogen and oxygen atoms in total. The van der Waals surface area contributed by atoms with E-state index in [-0.39, 0.29) is 0 Å². The lowest BCUT2D eigenvalue weighted by atomic mass is 10.1. The van der Waals surface area contributed by atoms with Crippen molar-refractivity contribution in [3.8, 4) is 0 Å². The first-order chi connectivity index (χ1) is 9.12. The minimum absolute atomic E-state index is 0.459. The second-order valence-electron chi connectivity index (χ2n) is 6.36. The van der Waals surface area contributed by atoms with Crippen LogP contribution < -0.4 is 5.32 Å². The molecule has 1 saturated heterocycles. The van der Waals surface area contributed by atoms with Crippen LogP contribution in [-0.2, 0) is 6.42 Å². The smallest absolute Gasteiger partial charge is 0.0429 e. The van der Waals surface area contributed by atoms with Crippen molar-refractivity contribution in [2.45, 2.75) is 37.5 Å². The Balaban J connectivity index is 1.56. The SMILES string of the molecule is CC1(C)CCN(CC2Cc3ccccc3N2)CCS1. The molecule has 0 aromatic heterocycles. The predicted molar refractivity (Wildman–Crippen MR) is 85.2 cm³/mol. The first-order valence-corrected chi connectivity index (χ1v) is 8.32. The molecule has 0 aliphatic carbocycles. The van der Waals surface area contributed by atoms with Crippen LogP contribution in [0.3, 0.4) is 0 Å². The number of thioether (sulfide) groups is 1. The summed E-state index contributed by atoms with van der Waals surface area (Å²) >= 11 is 2.13. The van der Waals surface area contributed by atoms with Crippen LogP contribution in [0.15, 0.2) is 24.3 Å². The third-order valence-corrected chi connectivity index (χ3v) is 5.62. The molecule has 1 atom stereocenters. The molecule has 104 valence electrons. The van der Waals surface area contributed by atoms with Gasteiger partial charge in [-0.1, -0.05) is 32.0 Å². The zero-order chi connectivity index (χ0) is 13.3. The van der Waals surface area contributed by atoms with Crippen molar-refractivity contribution in [2.24, 2.45) is 0 Å². The highest BCUT2D eigenvalue weighted by Gasteiger charge is 2.27. The molecule has 19 heavy (non-hydrogen) atoms. The van der Waals surface area contributed by atoms with E-state index in [0.29, 0.717) is 10.8 Å². The highest BCUT2D eigenvalue weighted by molar-refractivity contribution is 8.00. The van der Waals surface area contributed by atoms with Crippen LogP contribution in [0.2, 0.25) is 0 Å². The quantitative estimate of drug-likeness (QED) is 0.893. The summed E-state index contributed by atoms with van der Waals surface area (Å²) in [4.78, 5) is 2.64. The number of benzene rings is 1. The van der Waals surface area contributed by atoms with E-state index >= 15 is 0 Å². The number of rotatable bonds is 2. The van der Waals surface area contributed by atoms with Crippen LogP contribution >= 0.6 is 11.8 Å². The summed E-state index contributed by atoms with van der Waals surface area (Å²) in [6.07, 6.45) is 2.49. The summed E-state index contributed by atoms with van der Waals surface area (Å²) in [5, 5.41) is 3.67. The van der Waals surface area contributed by atoms with Crippen molar-refractivity contribution >= 4 is 17.4 Å². The molecule has 1 aromatic carbocycles. The fourth-order valence-corrected chi connectivity index (χ4v) is 4.18. The summed E-state index contributed by atoms with van der Waals surface area (Å²) in [6, 6.07) is 9.33. The van der Waals surface area contributed by atoms with Gasteiger partial charge in [0.05, 0.1) is 0 Å². The van der Waals surface area contributed by atoms with Gasteiger partial charge in [0.15, 0.2) is 0 Å². The molecule has 2 aliphatic heterocycles. The number of para-hydroxylation sites is 1. The molecule has 0 saturated carbocycles. The van der Waals surface area contributed by atoms with Gasteiger partial charge in [-0.25, -0.2) is 0 Å². The van der Waals surface area contributed by atoms with Gasteiger partial charge in [0.25, 0.3) is 0 Å². The Morgan fingerprint density at radius 2 is 2.16 bits per heavy atom. The number of fused-ring (bicyclic) bond motifs is 1. The molecule has 0 amide bonds. The van der Waals surface area contributed by atoms with E-state index in [2.05, 4.69) is 60.1 Å². The summed E-state index contributed by atoms with van der Waals surface area (Å²) in [7, 11) is 0. The van der Waals surface area contributed by atoms with E-state index in [1.165, 1.54) is 49.5 Å². The van der Waals surface area contributed by atoms with Crippen LogP contribution in [-0.4, -0.2) is 41.1 Å². The maximum absolute atomic E-state index is 3.67. The van der Waals surface area contributed by atoms with Crippen LogP contribution in [0, 0.1) is 0 Å². The molecule has 1 unspecified atom stereocenters. The molecule has 0 radical (unpaired) electrons. The average Bonchev–Trinajstić information content (AvgIpc) is 2.69. The highest BCUT2D eigenvalue weighted by Crippen LogP contribution is 2.31. The van der Waals surface area contributed by atoms with Gasteiger partial charge in [-0.15, -0.1) is 0 Å². The van der Waals surface area contributed by atoms with Gasteiger partial charge in [-0.3, -0.25) is 0 Å². The fraction of sp³-hybridized carbons (Fsp3) is 0.625. The second-order valence-corrected chi connectivity index (χ2v) is 8.16. The number of hydrogen-bond acceptors (Lipinski definition) is 3. The van der Waals surface area contributed by atoms with Crippen molar-refractivity contribution < 1.29 is 0 Å². The van der Waals surface area contributed by atoms with Gasteiger partial charge in [-0.2, -0.15) is 11.8 Å². The fourth-order valence-electron chi connectivity index (χ4n) is 3.04. The first-order valence-electron chi connectivity index (χ1n) is 7.33. The third kappa shape index (κ3) is 3.26. The van der Waals surface area contributed by atoms with E-state index in [9.17, 15) is 0 Å². The Morgan fingerprint density at radius 3 is 3.00 bits per heavy atom. The van der Waals surface area contributed by atoms with Crippen LogP contribution in [0.25, 0.3) is 0 Å². The van der Waals surface area contributed by atoms with E-state index in [0.717, 1.165) is 0 Å². The van der Waals surface area contributed by atoms with E-state index in [1.807, 2.05) is 0 Å². The number of nitrogens with one attached hydrogen (secondary N) is 1. The lowest BCUT2D eigenvalue weighted by molar-refractivity contribution is 0.273. The van der Waals surface area contributed by atoms with Gasteiger partial charge >= 0.3 is 0 Å². The molecule has 0 spiro atoms. The number of nitrogens with zero attached hydrogens (tertiary/aromatic N) is 1. The minimum atomic E-state index is 0.459. The Hall–Kier alpha value is -0.670. The van der Waals surface area contributed by atoms with Crippen molar-refractivity contribution in [1.29, 1.82) is 0 Å². The van der Waals surface area contributed by atoms with Gasteiger partial charge in [0.1, 0.15) is 0 Å². The Morgan fingerprint density at radius 1 is 1.32 bits per heavy atom. The molecule has 3 heteroatoms. The second kappa shape index (κ2) is 5.37. The normalized spacial score (nSPS) is 26.5.